The van der Waals surface area contributed by atoms with Crippen molar-refractivity contribution in [3.05, 3.63) is 30.1 Å². The number of pyridine rings is 1. The van der Waals surface area contributed by atoms with Crippen LogP contribution in [0.4, 0.5) is 0 Å². The zero-order chi connectivity index (χ0) is 14.1. The minimum atomic E-state index is -0.399. The van der Waals surface area contributed by atoms with Gasteiger partial charge in [0.05, 0.1) is 6.04 Å². The second-order valence-electron chi connectivity index (χ2n) is 5.53. The lowest BCUT2D eigenvalue weighted by molar-refractivity contribution is -0.133. The molecule has 2 aromatic heterocycles. The van der Waals surface area contributed by atoms with Crippen molar-refractivity contribution in [3.63, 3.8) is 0 Å². The summed E-state index contributed by atoms with van der Waals surface area (Å²) in [6.45, 7) is 3.33. The fraction of sp³-hybridized carbons (Fsp3) is 0.467. The summed E-state index contributed by atoms with van der Waals surface area (Å²) in [5.41, 5.74) is 7.93. The Kier molecular flexibility index (Phi) is 3.44. The van der Waals surface area contributed by atoms with Crippen LogP contribution in [-0.2, 0) is 4.79 Å². The van der Waals surface area contributed by atoms with Gasteiger partial charge in [0.2, 0.25) is 5.91 Å². The van der Waals surface area contributed by atoms with E-state index in [1.54, 1.807) is 13.1 Å². The Morgan fingerprint density at radius 1 is 1.50 bits per heavy atom. The molecule has 5 heteroatoms. The third kappa shape index (κ3) is 2.29. The molecular weight excluding hydrogens is 252 g/mol. The summed E-state index contributed by atoms with van der Waals surface area (Å²) in [4.78, 5) is 21.3. The van der Waals surface area contributed by atoms with Gasteiger partial charge >= 0.3 is 0 Å². The lowest BCUT2D eigenvalue weighted by Gasteiger charge is -2.33. The Hall–Kier alpha value is -1.88. The van der Waals surface area contributed by atoms with Crippen molar-refractivity contribution in [1.82, 2.24) is 14.9 Å². The molecule has 0 spiro atoms. The van der Waals surface area contributed by atoms with Gasteiger partial charge < -0.3 is 15.6 Å². The van der Waals surface area contributed by atoms with Crippen molar-refractivity contribution in [3.8, 4) is 0 Å². The molecule has 0 aromatic carbocycles. The van der Waals surface area contributed by atoms with Gasteiger partial charge in [-0.2, -0.15) is 0 Å². The van der Waals surface area contributed by atoms with Crippen molar-refractivity contribution in [2.24, 2.45) is 5.73 Å². The van der Waals surface area contributed by atoms with Crippen LogP contribution >= 0.6 is 0 Å². The summed E-state index contributed by atoms with van der Waals surface area (Å²) in [6, 6.07) is 3.67. The van der Waals surface area contributed by atoms with Crippen LogP contribution in [0.25, 0.3) is 11.0 Å². The van der Waals surface area contributed by atoms with Crippen LogP contribution in [0.15, 0.2) is 24.5 Å². The molecule has 3 heterocycles. The Morgan fingerprint density at radius 2 is 2.25 bits per heavy atom. The molecule has 1 aliphatic heterocycles. The number of nitrogens with one attached hydrogen (secondary N) is 1. The molecule has 1 aliphatic rings. The van der Waals surface area contributed by atoms with Crippen LogP contribution in [-0.4, -0.2) is 39.9 Å². The average Bonchev–Trinajstić information content (AvgIpc) is 2.90. The van der Waals surface area contributed by atoms with Crippen molar-refractivity contribution < 1.29 is 4.79 Å². The second-order valence-corrected chi connectivity index (χ2v) is 5.53. The van der Waals surface area contributed by atoms with Crippen LogP contribution in [0, 0.1) is 0 Å². The van der Waals surface area contributed by atoms with E-state index >= 15 is 0 Å². The SMILES string of the molecule is C[C@@H](N)C(=O)N1CCC(c2c[nH]c3ncccc23)CC1. The molecule has 1 saturated heterocycles. The zero-order valence-electron chi connectivity index (χ0n) is 11.7. The number of carbonyl (C=O) groups is 1. The number of H-pyrrole nitrogens is 1. The number of aromatic nitrogens is 2. The first-order chi connectivity index (χ1) is 9.66. The van der Waals surface area contributed by atoms with Crippen molar-refractivity contribution >= 4 is 16.9 Å². The van der Waals surface area contributed by atoms with E-state index in [1.807, 2.05) is 11.0 Å². The second kappa shape index (κ2) is 5.25. The normalized spacial score (nSPS) is 18.4. The summed E-state index contributed by atoms with van der Waals surface area (Å²) in [5.74, 6) is 0.550. The molecule has 2 aromatic rings. The van der Waals surface area contributed by atoms with Crippen molar-refractivity contribution in [2.45, 2.75) is 31.7 Å². The van der Waals surface area contributed by atoms with E-state index in [0.29, 0.717) is 5.92 Å². The monoisotopic (exact) mass is 272 g/mol. The molecule has 0 radical (unpaired) electrons. The average molecular weight is 272 g/mol. The van der Waals surface area contributed by atoms with E-state index in [1.165, 1.54) is 10.9 Å². The maximum atomic E-state index is 11.9. The van der Waals surface area contributed by atoms with E-state index in [-0.39, 0.29) is 5.91 Å². The first-order valence-electron chi connectivity index (χ1n) is 7.13. The standard InChI is InChI=1S/C15H20N4O/c1-10(16)15(20)19-7-4-11(5-8-19)13-9-18-14-12(13)3-2-6-17-14/h2-3,6,9-11H,4-5,7-8,16H2,1H3,(H,17,18)/t10-/m1/s1. The predicted molar refractivity (Wildman–Crippen MR) is 78.3 cm³/mol. The van der Waals surface area contributed by atoms with Crippen LogP contribution in [0.5, 0.6) is 0 Å². The first-order valence-corrected chi connectivity index (χ1v) is 7.13. The van der Waals surface area contributed by atoms with Crippen LogP contribution in [0.1, 0.15) is 31.2 Å². The van der Waals surface area contributed by atoms with E-state index in [4.69, 9.17) is 5.73 Å². The molecule has 0 saturated carbocycles. The van der Waals surface area contributed by atoms with Crippen LogP contribution in [0.3, 0.4) is 0 Å². The smallest absolute Gasteiger partial charge is 0.239 e. The topological polar surface area (TPSA) is 75.0 Å². The third-order valence-electron chi connectivity index (χ3n) is 4.12. The molecule has 3 N–H and O–H groups in total. The van der Waals surface area contributed by atoms with E-state index in [0.717, 1.165) is 31.6 Å². The molecule has 3 rings (SSSR count). The third-order valence-corrected chi connectivity index (χ3v) is 4.12. The fourth-order valence-corrected chi connectivity index (χ4v) is 3.01. The lowest BCUT2D eigenvalue weighted by atomic mass is 9.89. The Labute approximate surface area is 118 Å². The van der Waals surface area contributed by atoms with Gasteiger partial charge in [0.1, 0.15) is 5.65 Å². The highest BCUT2D eigenvalue weighted by Crippen LogP contribution is 2.32. The summed E-state index contributed by atoms with van der Waals surface area (Å²) in [5, 5.41) is 1.20. The van der Waals surface area contributed by atoms with Crippen LogP contribution in [0.2, 0.25) is 0 Å². The van der Waals surface area contributed by atoms with Crippen molar-refractivity contribution in [1.29, 1.82) is 0 Å². The van der Waals surface area contributed by atoms with E-state index in [2.05, 4.69) is 22.2 Å². The molecular formula is C15H20N4O. The largest absolute Gasteiger partial charge is 0.346 e. The lowest BCUT2D eigenvalue weighted by Crippen LogP contribution is -2.45. The number of fused-ring (bicyclic) bond motifs is 1. The number of nitrogens with zero attached hydrogens (tertiary/aromatic N) is 2. The first kappa shape index (κ1) is 13.1. The molecule has 0 aliphatic carbocycles. The number of piperidine rings is 1. The van der Waals surface area contributed by atoms with E-state index < -0.39 is 6.04 Å². The fourth-order valence-electron chi connectivity index (χ4n) is 3.01. The zero-order valence-corrected chi connectivity index (χ0v) is 11.7. The Morgan fingerprint density at radius 3 is 2.95 bits per heavy atom. The van der Waals surface area contributed by atoms with Gasteiger partial charge in [0.25, 0.3) is 0 Å². The summed E-state index contributed by atoms with van der Waals surface area (Å²) in [6.07, 6.45) is 5.83. The van der Waals surface area contributed by atoms with Gasteiger partial charge in [-0.15, -0.1) is 0 Å². The number of amides is 1. The summed E-state index contributed by atoms with van der Waals surface area (Å²) < 4.78 is 0. The van der Waals surface area contributed by atoms with Gasteiger partial charge in [0, 0.05) is 30.9 Å². The highest BCUT2D eigenvalue weighted by Gasteiger charge is 2.26. The number of likely N-dealkylation sites (tertiary alicyclic amines) is 1. The van der Waals surface area contributed by atoms with E-state index in [9.17, 15) is 4.79 Å². The Bertz CT molecular complexity index is 611. The van der Waals surface area contributed by atoms with Gasteiger partial charge in [-0.25, -0.2) is 4.98 Å². The molecule has 5 nitrogen and oxygen atoms in total. The van der Waals surface area contributed by atoms with Gasteiger partial charge in [-0.3, -0.25) is 4.79 Å². The minimum Gasteiger partial charge on any atom is -0.346 e. The summed E-state index contributed by atoms with van der Waals surface area (Å²) >= 11 is 0. The molecule has 106 valence electrons. The quantitative estimate of drug-likeness (QED) is 0.872. The number of aromatic amines is 1. The van der Waals surface area contributed by atoms with Gasteiger partial charge in [0.15, 0.2) is 0 Å². The number of carbonyl (C=O) groups excluding carboxylic acids is 1. The number of hydrogen-bond acceptors (Lipinski definition) is 3. The minimum absolute atomic E-state index is 0.0593. The van der Waals surface area contributed by atoms with Gasteiger partial charge in [-0.05, 0) is 43.4 Å². The number of nitrogens with two attached hydrogens (primary N) is 1. The predicted octanol–water partition coefficient (Wildman–Crippen LogP) is 1.62. The van der Waals surface area contributed by atoms with Crippen molar-refractivity contribution in [2.75, 3.05) is 13.1 Å². The molecule has 0 bridgehead atoms. The van der Waals surface area contributed by atoms with Crippen LogP contribution < -0.4 is 5.73 Å². The maximum Gasteiger partial charge on any atom is 0.239 e. The highest BCUT2D eigenvalue weighted by atomic mass is 16.2. The number of hydrogen-bond donors (Lipinski definition) is 2. The Balaban J connectivity index is 1.74. The number of rotatable bonds is 2. The molecule has 1 fully saturated rings. The molecule has 0 unspecified atom stereocenters. The molecule has 1 atom stereocenters. The summed E-state index contributed by atoms with van der Waals surface area (Å²) in [7, 11) is 0. The maximum absolute atomic E-state index is 11.9. The van der Waals surface area contributed by atoms with Gasteiger partial charge in [-0.1, -0.05) is 0 Å². The highest BCUT2D eigenvalue weighted by molar-refractivity contribution is 5.82. The molecule has 1 amide bonds. The molecule has 20 heavy (non-hydrogen) atoms.